The molecule has 102 valence electrons. The molecular weight excluding hydrogens is 212 g/mol. The van der Waals surface area contributed by atoms with Crippen molar-refractivity contribution in [2.24, 2.45) is 0 Å². The second-order valence-electron chi connectivity index (χ2n) is 5.77. The summed E-state index contributed by atoms with van der Waals surface area (Å²) in [6.07, 6.45) is 5.90. The quantitative estimate of drug-likeness (QED) is 0.748. The van der Waals surface area contributed by atoms with Gasteiger partial charge in [0.05, 0.1) is 6.61 Å². The van der Waals surface area contributed by atoms with Crippen molar-refractivity contribution in [3.63, 3.8) is 0 Å². The van der Waals surface area contributed by atoms with Crippen LogP contribution in [0.4, 0.5) is 0 Å². The van der Waals surface area contributed by atoms with Crippen LogP contribution in [0, 0.1) is 0 Å². The van der Waals surface area contributed by atoms with E-state index in [-0.39, 0.29) is 12.1 Å². The summed E-state index contributed by atoms with van der Waals surface area (Å²) >= 11 is 0. The molecule has 1 saturated carbocycles. The summed E-state index contributed by atoms with van der Waals surface area (Å²) in [6.45, 7) is 8.25. The van der Waals surface area contributed by atoms with E-state index in [1.807, 2.05) is 7.05 Å². The first kappa shape index (κ1) is 14.9. The van der Waals surface area contributed by atoms with Crippen LogP contribution < -0.4 is 5.32 Å². The van der Waals surface area contributed by atoms with E-state index >= 15 is 0 Å². The summed E-state index contributed by atoms with van der Waals surface area (Å²) in [5, 5.41) is 13.0. The molecule has 0 aliphatic heterocycles. The highest BCUT2D eigenvalue weighted by atomic mass is 16.3. The molecule has 2 N–H and O–H groups in total. The van der Waals surface area contributed by atoms with Gasteiger partial charge in [0.2, 0.25) is 0 Å². The van der Waals surface area contributed by atoms with Crippen molar-refractivity contribution in [2.45, 2.75) is 70.5 Å². The van der Waals surface area contributed by atoms with Crippen molar-refractivity contribution in [1.29, 1.82) is 0 Å². The Bertz CT molecular complexity index is 214. The standard InChI is InChI=1S/C14H30N2O/c1-5-9-16(12(2)3)13-7-6-8-14(10-13,11-17)15-4/h12-13,15,17H,5-11H2,1-4H3. The highest BCUT2D eigenvalue weighted by Gasteiger charge is 2.37. The van der Waals surface area contributed by atoms with E-state index in [4.69, 9.17) is 0 Å². The molecular formula is C14H30N2O. The molecule has 3 heteroatoms. The van der Waals surface area contributed by atoms with Crippen molar-refractivity contribution in [2.75, 3.05) is 20.2 Å². The van der Waals surface area contributed by atoms with Gasteiger partial charge in [-0.2, -0.15) is 0 Å². The SMILES string of the molecule is CCCN(C(C)C)C1CCCC(CO)(NC)C1. The molecule has 0 aromatic rings. The van der Waals surface area contributed by atoms with Crippen molar-refractivity contribution in [1.82, 2.24) is 10.2 Å². The Kier molecular flexibility index (Phi) is 5.90. The monoisotopic (exact) mass is 242 g/mol. The molecule has 0 radical (unpaired) electrons. The smallest absolute Gasteiger partial charge is 0.0613 e. The molecule has 0 amide bonds. The van der Waals surface area contributed by atoms with Crippen LogP contribution >= 0.6 is 0 Å². The number of hydrogen-bond donors (Lipinski definition) is 2. The Balaban J connectivity index is 2.69. The number of nitrogens with one attached hydrogen (secondary N) is 1. The molecule has 1 aliphatic rings. The van der Waals surface area contributed by atoms with Gasteiger partial charge in [-0.05, 0) is 59.5 Å². The maximum atomic E-state index is 9.63. The number of hydrogen-bond acceptors (Lipinski definition) is 3. The third kappa shape index (κ3) is 3.67. The first-order chi connectivity index (χ1) is 8.08. The third-order valence-corrected chi connectivity index (χ3v) is 4.27. The third-order valence-electron chi connectivity index (χ3n) is 4.27. The van der Waals surface area contributed by atoms with E-state index < -0.39 is 0 Å². The molecule has 3 nitrogen and oxygen atoms in total. The first-order valence-electron chi connectivity index (χ1n) is 7.14. The van der Waals surface area contributed by atoms with Crippen LogP contribution in [0.25, 0.3) is 0 Å². The number of rotatable bonds is 6. The Morgan fingerprint density at radius 1 is 1.47 bits per heavy atom. The van der Waals surface area contributed by atoms with E-state index in [9.17, 15) is 5.11 Å². The lowest BCUT2D eigenvalue weighted by molar-refractivity contribution is 0.0490. The molecule has 1 rings (SSSR count). The highest BCUT2D eigenvalue weighted by molar-refractivity contribution is 4.96. The summed E-state index contributed by atoms with van der Waals surface area (Å²) in [6, 6.07) is 1.23. The first-order valence-corrected chi connectivity index (χ1v) is 7.14. The van der Waals surface area contributed by atoms with Crippen molar-refractivity contribution in [3.8, 4) is 0 Å². The highest BCUT2D eigenvalue weighted by Crippen LogP contribution is 2.31. The van der Waals surface area contributed by atoms with Gasteiger partial charge in [-0.25, -0.2) is 0 Å². The maximum absolute atomic E-state index is 9.63. The molecule has 0 bridgehead atoms. The van der Waals surface area contributed by atoms with Gasteiger partial charge < -0.3 is 10.4 Å². The van der Waals surface area contributed by atoms with Gasteiger partial charge in [0, 0.05) is 17.6 Å². The minimum absolute atomic E-state index is 0.0379. The van der Waals surface area contributed by atoms with Crippen LogP contribution in [0.3, 0.4) is 0 Å². The number of nitrogens with zero attached hydrogens (tertiary/aromatic N) is 1. The van der Waals surface area contributed by atoms with Crippen molar-refractivity contribution < 1.29 is 5.11 Å². The average Bonchev–Trinajstić information content (AvgIpc) is 2.35. The van der Waals surface area contributed by atoms with E-state index in [1.54, 1.807) is 0 Å². The largest absolute Gasteiger partial charge is 0.394 e. The Morgan fingerprint density at radius 3 is 2.65 bits per heavy atom. The lowest BCUT2D eigenvalue weighted by Gasteiger charge is -2.45. The molecule has 1 aliphatic carbocycles. The normalized spacial score (nSPS) is 30.2. The van der Waals surface area contributed by atoms with Gasteiger partial charge in [-0.1, -0.05) is 6.92 Å². The maximum Gasteiger partial charge on any atom is 0.0613 e. The van der Waals surface area contributed by atoms with Crippen LogP contribution in [0.15, 0.2) is 0 Å². The van der Waals surface area contributed by atoms with Crippen LogP contribution in [0.2, 0.25) is 0 Å². The van der Waals surface area contributed by atoms with E-state index in [0.29, 0.717) is 12.1 Å². The topological polar surface area (TPSA) is 35.5 Å². The predicted octanol–water partition coefficient (Wildman–Crippen LogP) is 2.00. The molecule has 2 atom stereocenters. The fourth-order valence-corrected chi connectivity index (χ4v) is 3.18. The van der Waals surface area contributed by atoms with Crippen LogP contribution in [-0.4, -0.2) is 47.8 Å². The average molecular weight is 242 g/mol. The Hall–Kier alpha value is -0.120. The number of aliphatic hydroxyl groups is 1. The van der Waals surface area contributed by atoms with Gasteiger partial charge in [0.15, 0.2) is 0 Å². The molecule has 0 spiro atoms. The lowest BCUT2D eigenvalue weighted by atomic mass is 9.78. The lowest BCUT2D eigenvalue weighted by Crippen LogP contribution is -2.55. The molecule has 1 fully saturated rings. The van der Waals surface area contributed by atoms with Gasteiger partial charge in [0.1, 0.15) is 0 Å². The van der Waals surface area contributed by atoms with Gasteiger partial charge in [-0.3, -0.25) is 4.90 Å². The molecule has 2 unspecified atom stereocenters. The summed E-state index contributed by atoms with van der Waals surface area (Å²) in [4.78, 5) is 2.61. The van der Waals surface area contributed by atoms with Crippen LogP contribution in [0.1, 0.15) is 52.9 Å². The van der Waals surface area contributed by atoms with Crippen molar-refractivity contribution >= 4 is 0 Å². The predicted molar refractivity (Wildman–Crippen MR) is 73.3 cm³/mol. The van der Waals surface area contributed by atoms with Gasteiger partial charge >= 0.3 is 0 Å². The van der Waals surface area contributed by atoms with Gasteiger partial charge in [0.25, 0.3) is 0 Å². The Labute approximate surface area is 107 Å². The molecule has 17 heavy (non-hydrogen) atoms. The van der Waals surface area contributed by atoms with Crippen molar-refractivity contribution in [3.05, 3.63) is 0 Å². The summed E-state index contributed by atoms with van der Waals surface area (Å²) in [5.74, 6) is 0. The molecule has 0 saturated heterocycles. The Morgan fingerprint density at radius 2 is 2.18 bits per heavy atom. The van der Waals surface area contributed by atoms with Crippen LogP contribution in [0.5, 0.6) is 0 Å². The number of likely N-dealkylation sites (N-methyl/N-ethyl adjacent to an activating group) is 1. The molecule has 0 aromatic heterocycles. The molecule has 0 heterocycles. The van der Waals surface area contributed by atoms with Crippen LogP contribution in [-0.2, 0) is 0 Å². The fraction of sp³-hybridized carbons (Fsp3) is 1.00. The second kappa shape index (κ2) is 6.72. The summed E-state index contributed by atoms with van der Waals surface area (Å²) in [7, 11) is 1.98. The summed E-state index contributed by atoms with van der Waals surface area (Å²) < 4.78 is 0. The van der Waals surface area contributed by atoms with E-state index in [2.05, 4.69) is 31.0 Å². The zero-order valence-corrected chi connectivity index (χ0v) is 12.0. The number of aliphatic hydroxyl groups excluding tert-OH is 1. The summed E-state index contributed by atoms with van der Waals surface area (Å²) in [5.41, 5.74) is -0.0379. The second-order valence-corrected chi connectivity index (χ2v) is 5.77. The molecule has 0 aromatic carbocycles. The minimum atomic E-state index is -0.0379. The zero-order valence-electron chi connectivity index (χ0n) is 12.0. The zero-order chi connectivity index (χ0) is 12.9. The minimum Gasteiger partial charge on any atom is -0.394 e. The van der Waals surface area contributed by atoms with E-state index in [0.717, 1.165) is 12.8 Å². The van der Waals surface area contributed by atoms with E-state index in [1.165, 1.54) is 25.8 Å². The fourth-order valence-electron chi connectivity index (χ4n) is 3.18. The van der Waals surface area contributed by atoms with Gasteiger partial charge in [-0.15, -0.1) is 0 Å².